The number of hydrogen-bond acceptors (Lipinski definition) is 3. The van der Waals surface area contributed by atoms with E-state index in [9.17, 15) is 14.4 Å². The van der Waals surface area contributed by atoms with Crippen LogP contribution in [0.15, 0.2) is 0 Å². The number of carbonyl (C=O) groups excluding carboxylic acids is 3. The molecule has 0 spiro atoms. The summed E-state index contributed by atoms with van der Waals surface area (Å²) in [4.78, 5) is 39.4. The van der Waals surface area contributed by atoms with Crippen molar-refractivity contribution >= 4 is 17.5 Å². The first-order chi connectivity index (χ1) is 9.16. The van der Waals surface area contributed by atoms with E-state index >= 15 is 0 Å². The summed E-state index contributed by atoms with van der Waals surface area (Å²) >= 11 is 0. The summed E-state index contributed by atoms with van der Waals surface area (Å²) in [5, 5.41) is 0. The summed E-state index contributed by atoms with van der Waals surface area (Å²) in [6.07, 6.45) is 3.06. The van der Waals surface area contributed by atoms with Crippen LogP contribution in [0.5, 0.6) is 0 Å². The van der Waals surface area contributed by atoms with Crippen molar-refractivity contribution in [3.8, 4) is 0 Å². The van der Waals surface area contributed by atoms with Crippen molar-refractivity contribution < 1.29 is 14.4 Å². The highest BCUT2D eigenvalue weighted by Crippen LogP contribution is 2.69. The van der Waals surface area contributed by atoms with E-state index in [-0.39, 0.29) is 11.7 Å². The van der Waals surface area contributed by atoms with Crippen LogP contribution in [0.3, 0.4) is 0 Å². The van der Waals surface area contributed by atoms with Crippen LogP contribution >= 0.6 is 0 Å². The molecule has 2 rings (SSSR count). The molecule has 0 aromatic heterocycles. The van der Waals surface area contributed by atoms with E-state index in [0.717, 1.165) is 12.8 Å². The Bertz CT molecular complexity index is 482. The SMILES string of the molecule is CCCCN(C)C(=O)C12CCC(C)(C(=O)C1=O)C2(C)C. The van der Waals surface area contributed by atoms with Crippen molar-refractivity contribution in [1.82, 2.24) is 4.90 Å². The van der Waals surface area contributed by atoms with Crippen LogP contribution in [0.25, 0.3) is 0 Å². The van der Waals surface area contributed by atoms with E-state index in [0.29, 0.717) is 19.4 Å². The van der Waals surface area contributed by atoms with Gasteiger partial charge in [-0.3, -0.25) is 14.4 Å². The number of Topliss-reactive ketones (excluding diaryl/α,β-unsaturated/α-hetero) is 2. The molecule has 2 bridgehead atoms. The molecule has 0 saturated heterocycles. The van der Waals surface area contributed by atoms with Gasteiger partial charge in [0.1, 0.15) is 5.41 Å². The fraction of sp³-hybridized carbons (Fsp3) is 0.812. The lowest BCUT2D eigenvalue weighted by Crippen LogP contribution is -2.51. The van der Waals surface area contributed by atoms with Crippen LogP contribution in [0.2, 0.25) is 0 Å². The fourth-order valence-electron chi connectivity index (χ4n) is 4.07. The van der Waals surface area contributed by atoms with Crippen molar-refractivity contribution in [3.63, 3.8) is 0 Å². The highest BCUT2D eigenvalue weighted by atomic mass is 16.2. The zero-order chi connectivity index (χ0) is 15.3. The van der Waals surface area contributed by atoms with Gasteiger partial charge in [0.15, 0.2) is 0 Å². The third kappa shape index (κ3) is 1.45. The number of unbranched alkanes of at least 4 members (excludes halogenated alkanes) is 1. The average Bonchev–Trinajstić information content (AvgIpc) is 2.67. The minimum atomic E-state index is -1.12. The molecule has 2 unspecified atom stereocenters. The lowest BCUT2D eigenvalue weighted by Gasteiger charge is -2.39. The van der Waals surface area contributed by atoms with Crippen molar-refractivity contribution in [2.24, 2.45) is 16.2 Å². The molecular formula is C16H25NO3. The minimum absolute atomic E-state index is 0.157. The Morgan fingerprint density at radius 2 is 1.75 bits per heavy atom. The molecule has 0 aromatic rings. The van der Waals surface area contributed by atoms with Gasteiger partial charge in [-0.15, -0.1) is 0 Å². The molecule has 20 heavy (non-hydrogen) atoms. The summed E-state index contributed by atoms with van der Waals surface area (Å²) in [6.45, 7) is 8.38. The lowest BCUT2D eigenvalue weighted by molar-refractivity contribution is -0.154. The van der Waals surface area contributed by atoms with E-state index in [2.05, 4.69) is 6.92 Å². The molecule has 0 aromatic carbocycles. The second kappa shape index (κ2) is 4.40. The van der Waals surface area contributed by atoms with E-state index in [1.54, 1.807) is 11.9 Å². The Labute approximate surface area is 120 Å². The zero-order valence-electron chi connectivity index (χ0n) is 13.2. The van der Waals surface area contributed by atoms with Gasteiger partial charge < -0.3 is 4.90 Å². The van der Waals surface area contributed by atoms with Crippen molar-refractivity contribution in [1.29, 1.82) is 0 Å². The molecule has 0 aliphatic heterocycles. The van der Waals surface area contributed by atoms with Crippen LogP contribution in [-0.4, -0.2) is 36.0 Å². The summed E-state index contributed by atoms with van der Waals surface area (Å²) in [6, 6.07) is 0. The molecule has 0 heterocycles. The minimum Gasteiger partial charge on any atom is -0.345 e. The molecule has 2 atom stereocenters. The molecule has 2 saturated carbocycles. The first kappa shape index (κ1) is 15.2. The molecule has 4 heteroatoms. The number of ketones is 2. The molecule has 1 amide bonds. The topological polar surface area (TPSA) is 54.5 Å². The van der Waals surface area contributed by atoms with Gasteiger partial charge in [-0.2, -0.15) is 0 Å². The number of hydrogen-bond donors (Lipinski definition) is 0. The van der Waals surface area contributed by atoms with Crippen molar-refractivity contribution in [3.05, 3.63) is 0 Å². The molecule has 0 N–H and O–H groups in total. The van der Waals surface area contributed by atoms with Crippen LogP contribution in [-0.2, 0) is 14.4 Å². The smallest absolute Gasteiger partial charge is 0.237 e. The maximum Gasteiger partial charge on any atom is 0.237 e. The molecule has 4 nitrogen and oxygen atoms in total. The van der Waals surface area contributed by atoms with Gasteiger partial charge in [-0.05, 0) is 24.7 Å². The summed E-state index contributed by atoms with van der Waals surface area (Å²) < 4.78 is 0. The van der Waals surface area contributed by atoms with Gasteiger partial charge in [0.2, 0.25) is 17.5 Å². The molecule has 2 aliphatic rings. The van der Waals surface area contributed by atoms with Crippen LogP contribution < -0.4 is 0 Å². The van der Waals surface area contributed by atoms with Crippen LogP contribution in [0, 0.1) is 16.2 Å². The van der Waals surface area contributed by atoms with E-state index < -0.39 is 22.0 Å². The third-order valence-electron chi connectivity index (χ3n) is 6.10. The number of nitrogens with zero attached hydrogens (tertiary/aromatic N) is 1. The summed E-state index contributed by atoms with van der Waals surface area (Å²) in [5.74, 6) is -0.953. The largest absolute Gasteiger partial charge is 0.345 e. The molecular weight excluding hydrogens is 254 g/mol. The second-order valence-corrected chi connectivity index (χ2v) is 7.10. The molecule has 0 radical (unpaired) electrons. The maximum atomic E-state index is 12.9. The Morgan fingerprint density at radius 3 is 2.20 bits per heavy atom. The van der Waals surface area contributed by atoms with Gasteiger partial charge in [-0.1, -0.05) is 34.1 Å². The number of carbonyl (C=O) groups is 3. The molecule has 2 aliphatic carbocycles. The normalized spacial score (nSPS) is 34.6. The third-order valence-corrected chi connectivity index (χ3v) is 6.10. The summed E-state index contributed by atoms with van der Waals surface area (Å²) in [5.41, 5.74) is -2.39. The van der Waals surface area contributed by atoms with Crippen LogP contribution in [0.1, 0.15) is 53.4 Å². The highest BCUT2D eigenvalue weighted by Gasteiger charge is 2.78. The second-order valence-electron chi connectivity index (χ2n) is 7.10. The maximum absolute atomic E-state index is 12.9. The summed E-state index contributed by atoms with van der Waals surface area (Å²) in [7, 11) is 1.74. The van der Waals surface area contributed by atoms with Crippen molar-refractivity contribution in [2.75, 3.05) is 13.6 Å². The van der Waals surface area contributed by atoms with E-state index in [1.807, 2.05) is 20.8 Å². The average molecular weight is 279 g/mol. The quantitative estimate of drug-likeness (QED) is 0.585. The molecule has 2 fully saturated rings. The Morgan fingerprint density at radius 1 is 1.15 bits per heavy atom. The van der Waals surface area contributed by atoms with E-state index in [4.69, 9.17) is 0 Å². The van der Waals surface area contributed by atoms with E-state index in [1.165, 1.54) is 0 Å². The van der Waals surface area contributed by atoms with Gasteiger partial charge >= 0.3 is 0 Å². The standard InChI is InChI=1S/C16H25NO3/c1-6-7-10-17(5)13(20)16-9-8-15(4,14(16,2)3)11(18)12(16)19/h6-10H2,1-5H3. The van der Waals surface area contributed by atoms with Gasteiger partial charge in [-0.25, -0.2) is 0 Å². The highest BCUT2D eigenvalue weighted by molar-refractivity contribution is 6.48. The first-order valence-corrected chi connectivity index (χ1v) is 7.51. The van der Waals surface area contributed by atoms with Gasteiger partial charge in [0.05, 0.1) is 0 Å². The van der Waals surface area contributed by atoms with Gasteiger partial charge in [0.25, 0.3) is 0 Å². The van der Waals surface area contributed by atoms with Gasteiger partial charge in [0, 0.05) is 19.0 Å². The number of amides is 1. The molecule has 112 valence electrons. The van der Waals surface area contributed by atoms with Crippen molar-refractivity contribution in [2.45, 2.75) is 53.4 Å². The Hall–Kier alpha value is -1.19. The Kier molecular flexibility index (Phi) is 3.35. The zero-order valence-corrected chi connectivity index (χ0v) is 13.2. The monoisotopic (exact) mass is 279 g/mol. The Balaban J connectivity index is 2.41. The first-order valence-electron chi connectivity index (χ1n) is 7.51. The number of fused-ring (bicyclic) bond motifs is 2. The predicted molar refractivity (Wildman–Crippen MR) is 76.1 cm³/mol. The number of rotatable bonds is 4. The fourth-order valence-corrected chi connectivity index (χ4v) is 4.07. The lowest BCUT2D eigenvalue weighted by atomic mass is 9.64. The predicted octanol–water partition coefficient (Wildman–Crippen LogP) is 2.21. The van der Waals surface area contributed by atoms with Crippen LogP contribution in [0.4, 0.5) is 0 Å².